The molecule has 0 fully saturated rings. The summed E-state index contributed by atoms with van der Waals surface area (Å²) in [4.78, 5) is 12.8. The van der Waals surface area contributed by atoms with E-state index in [1.807, 2.05) is 6.92 Å². The van der Waals surface area contributed by atoms with Gasteiger partial charge in [-0.3, -0.25) is 0 Å². The van der Waals surface area contributed by atoms with Crippen molar-refractivity contribution in [3.63, 3.8) is 0 Å². The van der Waals surface area contributed by atoms with Crippen LogP contribution in [0.4, 0.5) is 4.39 Å². The quantitative estimate of drug-likeness (QED) is 0.571. The van der Waals surface area contributed by atoms with Crippen molar-refractivity contribution in [3.05, 3.63) is 65.6 Å². The van der Waals surface area contributed by atoms with Crippen LogP contribution in [0.15, 0.2) is 48.5 Å². The number of hydrogen-bond donors (Lipinski definition) is 0. The van der Waals surface area contributed by atoms with E-state index in [0.29, 0.717) is 17.2 Å². The summed E-state index contributed by atoms with van der Waals surface area (Å²) in [6.07, 6.45) is 1.62. The van der Waals surface area contributed by atoms with Crippen LogP contribution in [0.25, 0.3) is 5.69 Å². The molecule has 0 amide bonds. The van der Waals surface area contributed by atoms with Crippen LogP contribution in [-0.4, -0.2) is 30.0 Å². The van der Waals surface area contributed by atoms with Crippen LogP contribution in [0.5, 0.6) is 17.4 Å². The number of rotatable bonds is 7. The third-order valence-corrected chi connectivity index (χ3v) is 4.13. The molecule has 0 spiro atoms. The highest BCUT2D eigenvalue weighted by Crippen LogP contribution is 2.27. The summed E-state index contributed by atoms with van der Waals surface area (Å²) in [5.41, 5.74) is 1.62. The molecule has 3 rings (SSSR count). The second-order valence-electron chi connectivity index (χ2n) is 6.07. The summed E-state index contributed by atoms with van der Waals surface area (Å²) >= 11 is 0. The Bertz CT molecular complexity index is 967. The zero-order valence-electron chi connectivity index (χ0n) is 15.9. The summed E-state index contributed by atoms with van der Waals surface area (Å²) in [5.74, 6) is 0.205. The number of carbonyl (C=O) groups is 1. The third-order valence-electron chi connectivity index (χ3n) is 4.13. The molecule has 0 saturated heterocycles. The molecular weight excluding hydrogens is 363 g/mol. The van der Waals surface area contributed by atoms with Crippen LogP contribution in [0, 0.1) is 5.82 Å². The number of aromatic nitrogens is 2. The molecule has 1 heterocycles. The highest BCUT2D eigenvalue weighted by atomic mass is 19.1. The normalized spacial score (nSPS) is 10.6. The van der Waals surface area contributed by atoms with Crippen molar-refractivity contribution in [3.8, 4) is 23.1 Å². The zero-order valence-corrected chi connectivity index (χ0v) is 15.9. The largest absolute Gasteiger partial charge is 0.497 e. The maximum Gasteiger partial charge on any atom is 0.348 e. The van der Waals surface area contributed by atoms with Gasteiger partial charge in [-0.05, 0) is 42.8 Å². The van der Waals surface area contributed by atoms with E-state index >= 15 is 0 Å². The topological polar surface area (TPSA) is 62.6 Å². The maximum atomic E-state index is 13.3. The molecule has 7 heteroatoms. The molecule has 0 unspecified atom stereocenters. The molecule has 1 aromatic heterocycles. The van der Waals surface area contributed by atoms with Crippen LogP contribution >= 0.6 is 0 Å². The minimum atomic E-state index is -0.592. The van der Waals surface area contributed by atoms with Gasteiger partial charge in [0.15, 0.2) is 0 Å². The van der Waals surface area contributed by atoms with Gasteiger partial charge in [0, 0.05) is 12.1 Å². The highest BCUT2D eigenvalue weighted by Gasteiger charge is 2.19. The van der Waals surface area contributed by atoms with Gasteiger partial charge < -0.3 is 14.2 Å². The van der Waals surface area contributed by atoms with Gasteiger partial charge in [0.2, 0.25) is 5.88 Å². The Hall–Kier alpha value is -3.35. The predicted octanol–water partition coefficient (Wildman–Crippen LogP) is 4.20. The zero-order chi connectivity index (χ0) is 20.1. The fourth-order valence-corrected chi connectivity index (χ4v) is 2.75. The van der Waals surface area contributed by atoms with Crippen molar-refractivity contribution in [1.29, 1.82) is 0 Å². The molecule has 0 bridgehead atoms. The van der Waals surface area contributed by atoms with Gasteiger partial charge in [-0.1, -0.05) is 13.3 Å². The van der Waals surface area contributed by atoms with Gasteiger partial charge in [-0.2, -0.15) is 5.10 Å². The molecule has 0 saturated carbocycles. The number of esters is 1. The van der Waals surface area contributed by atoms with E-state index in [0.717, 1.165) is 18.5 Å². The molecule has 0 aliphatic rings. The minimum absolute atomic E-state index is 0.248. The number of ether oxygens (including phenoxy) is 3. The highest BCUT2D eigenvalue weighted by molar-refractivity contribution is 5.94. The van der Waals surface area contributed by atoms with Crippen LogP contribution in [0.2, 0.25) is 0 Å². The Kier molecular flexibility index (Phi) is 5.93. The van der Waals surface area contributed by atoms with E-state index < -0.39 is 5.97 Å². The van der Waals surface area contributed by atoms with Crippen molar-refractivity contribution >= 4 is 5.97 Å². The smallest absolute Gasteiger partial charge is 0.348 e. The summed E-state index contributed by atoms with van der Waals surface area (Å²) < 4.78 is 30.8. The third kappa shape index (κ3) is 4.14. The molecule has 0 atom stereocenters. The molecular formula is C21H21FN2O4. The summed E-state index contributed by atoms with van der Waals surface area (Å²) in [6, 6.07) is 12.3. The Morgan fingerprint density at radius 2 is 1.82 bits per heavy atom. The number of carbonyl (C=O) groups excluding carboxylic acids is 1. The van der Waals surface area contributed by atoms with Gasteiger partial charge in [0.1, 0.15) is 22.9 Å². The van der Waals surface area contributed by atoms with Crippen LogP contribution < -0.4 is 14.2 Å². The fraction of sp³-hybridized carbons (Fsp3) is 0.238. The molecule has 146 valence electrons. The van der Waals surface area contributed by atoms with Crippen molar-refractivity contribution in [2.75, 3.05) is 14.2 Å². The Balaban J connectivity index is 1.95. The number of aryl methyl sites for hydroxylation is 1. The number of halogens is 1. The summed E-state index contributed by atoms with van der Waals surface area (Å²) in [6.45, 7) is 2.03. The van der Waals surface area contributed by atoms with Gasteiger partial charge in [0.05, 0.1) is 25.6 Å². The molecule has 0 N–H and O–H groups in total. The number of hydrogen-bond acceptors (Lipinski definition) is 5. The average Bonchev–Trinajstić information content (AvgIpc) is 3.10. The molecule has 0 aliphatic heterocycles. The molecule has 2 aromatic carbocycles. The van der Waals surface area contributed by atoms with Gasteiger partial charge in [-0.25, -0.2) is 13.9 Å². The molecule has 0 aliphatic carbocycles. The average molecular weight is 384 g/mol. The Morgan fingerprint density at radius 1 is 1.07 bits per heavy atom. The number of benzene rings is 2. The predicted molar refractivity (Wildman–Crippen MR) is 102 cm³/mol. The SMILES string of the molecule is CCCc1cc(OC(=O)c2ccc(OC)cc2OC)n(-c2ccc(F)cc2)n1. The number of nitrogens with zero attached hydrogens (tertiary/aromatic N) is 2. The lowest BCUT2D eigenvalue weighted by atomic mass is 10.2. The lowest BCUT2D eigenvalue weighted by molar-refractivity contribution is 0.0719. The molecule has 28 heavy (non-hydrogen) atoms. The van der Waals surface area contributed by atoms with Crippen LogP contribution in [0.3, 0.4) is 0 Å². The lowest BCUT2D eigenvalue weighted by Crippen LogP contribution is -2.13. The van der Waals surface area contributed by atoms with Gasteiger partial charge in [-0.15, -0.1) is 0 Å². The standard InChI is InChI=1S/C21H21FN2O4/c1-4-5-15-12-20(24(23-15)16-8-6-14(22)7-9-16)28-21(25)18-11-10-17(26-2)13-19(18)27-3/h6-13H,4-5H2,1-3H3. The fourth-order valence-electron chi connectivity index (χ4n) is 2.75. The van der Waals surface area contributed by atoms with E-state index in [1.165, 1.54) is 31.0 Å². The van der Waals surface area contributed by atoms with E-state index in [-0.39, 0.29) is 17.3 Å². The van der Waals surface area contributed by atoms with Crippen LogP contribution in [-0.2, 0) is 6.42 Å². The Labute approximate surface area is 162 Å². The van der Waals surface area contributed by atoms with Gasteiger partial charge in [0.25, 0.3) is 0 Å². The van der Waals surface area contributed by atoms with E-state index in [1.54, 1.807) is 36.4 Å². The van der Waals surface area contributed by atoms with Crippen molar-refractivity contribution in [2.45, 2.75) is 19.8 Å². The number of methoxy groups -OCH3 is 2. The second kappa shape index (κ2) is 8.56. The first-order chi connectivity index (χ1) is 13.5. The maximum absolute atomic E-state index is 13.3. The van der Waals surface area contributed by atoms with E-state index in [2.05, 4.69) is 5.10 Å². The lowest BCUT2D eigenvalue weighted by Gasteiger charge is -2.11. The first-order valence-corrected chi connectivity index (χ1v) is 8.84. The summed E-state index contributed by atoms with van der Waals surface area (Å²) in [7, 11) is 3.00. The first-order valence-electron chi connectivity index (χ1n) is 8.84. The second-order valence-corrected chi connectivity index (χ2v) is 6.07. The summed E-state index contributed by atoms with van der Waals surface area (Å²) in [5, 5.41) is 4.48. The van der Waals surface area contributed by atoms with Crippen molar-refractivity contribution < 1.29 is 23.4 Å². The van der Waals surface area contributed by atoms with Crippen molar-refractivity contribution in [2.24, 2.45) is 0 Å². The van der Waals surface area contributed by atoms with Crippen LogP contribution in [0.1, 0.15) is 29.4 Å². The molecule has 3 aromatic rings. The van der Waals surface area contributed by atoms with E-state index in [9.17, 15) is 9.18 Å². The molecule has 0 radical (unpaired) electrons. The molecule has 6 nitrogen and oxygen atoms in total. The van der Waals surface area contributed by atoms with E-state index in [4.69, 9.17) is 14.2 Å². The first kappa shape index (κ1) is 19.4. The van der Waals surface area contributed by atoms with Gasteiger partial charge >= 0.3 is 5.97 Å². The minimum Gasteiger partial charge on any atom is -0.497 e. The Morgan fingerprint density at radius 3 is 2.46 bits per heavy atom. The monoisotopic (exact) mass is 384 g/mol. The van der Waals surface area contributed by atoms with Crippen molar-refractivity contribution in [1.82, 2.24) is 9.78 Å².